The number of guanidine groups is 1. The lowest BCUT2D eigenvalue weighted by Crippen LogP contribution is -2.35. The number of hydrogen-bond acceptors (Lipinski definition) is 3. The van der Waals surface area contributed by atoms with Gasteiger partial charge in [0.1, 0.15) is 0 Å². The molecule has 4 nitrogen and oxygen atoms in total. The number of aliphatic imine (C=N–C) groups is 1. The number of nitrogens with two attached hydrogens (primary N) is 1. The third-order valence-corrected chi connectivity index (χ3v) is 4.02. The van der Waals surface area contributed by atoms with Gasteiger partial charge in [-0.1, -0.05) is 0 Å². The molecule has 1 aliphatic heterocycles. The van der Waals surface area contributed by atoms with Crippen molar-refractivity contribution in [1.82, 2.24) is 5.32 Å². The molecule has 0 aromatic rings. The molecule has 0 aromatic carbocycles. The van der Waals surface area contributed by atoms with Gasteiger partial charge in [0.2, 0.25) is 0 Å². The Bertz CT molecular complexity index is 215. The fourth-order valence-corrected chi connectivity index (χ4v) is 2.78. The Balaban J connectivity index is 2.23. The highest BCUT2D eigenvalue weighted by Gasteiger charge is 2.28. The van der Waals surface area contributed by atoms with Gasteiger partial charge in [-0.3, -0.25) is 4.99 Å². The first kappa shape index (κ1) is 12.6. The van der Waals surface area contributed by atoms with Gasteiger partial charge in [0.05, 0.1) is 13.2 Å². The molecule has 1 heterocycles. The molecule has 15 heavy (non-hydrogen) atoms. The summed E-state index contributed by atoms with van der Waals surface area (Å²) < 4.78 is 5.21. The Morgan fingerprint density at radius 1 is 1.67 bits per heavy atom. The largest absolute Gasteiger partial charge is 0.383 e. The molecule has 1 unspecified atom stereocenters. The van der Waals surface area contributed by atoms with Crippen LogP contribution in [0.3, 0.4) is 0 Å². The fraction of sp³-hybridized carbons (Fsp3) is 0.900. The number of thioether (sulfide) groups is 1. The second-order valence-electron chi connectivity index (χ2n) is 4.02. The van der Waals surface area contributed by atoms with E-state index >= 15 is 0 Å². The van der Waals surface area contributed by atoms with Gasteiger partial charge >= 0.3 is 0 Å². The molecule has 0 aliphatic carbocycles. The number of hydrogen-bond donors (Lipinski definition) is 2. The zero-order chi connectivity index (χ0) is 11.1. The maximum absolute atomic E-state index is 5.73. The predicted molar refractivity (Wildman–Crippen MR) is 66.5 cm³/mol. The first-order chi connectivity index (χ1) is 7.16. The molecule has 88 valence electrons. The second kappa shape index (κ2) is 6.23. The van der Waals surface area contributed by atoms with Gasteiger partial charge in [-0.15, -0.1) is 0 Å². The van der Waals surface area contributed by atoms with Gasteiger partial charge in [0.25, 0.3) is 0 Å². The van der Waals surface area contributed by atoms with E-state index in [9.17, 15) is 0 Å². The average Bonchev–Trinajstić information content (AvgIpc) is 2.64. The van der Waals surface area contributed by atoms with E-state index in [1.165, 1.54) is 18.6 Å². The summed E-state index contributed by atoms with van der Waals surface area (Å²) in [6.07, 6.45) is 2.54. The maximum Gasteiger partial charge on any atom is 0.188 e. The Labute approximate surface area is 96.0 Å². The Morgan fingerprint density at radius 3 is 3.07 bits per heavy atom. The van der Waals surface area contributed by atoms with Crippen molar-refractivity contribution in [1.29, 1.82) is 0 Å². The summed E-state index contributed by atoms with van der Waals surface area (Å²) in [7, 11) is 1.67. The molecule has 1 fully saturated rings. The Morgan fingerprint density at radius 2 is 2.47 bits per heavy atom. The first-order valence-electron chi connectivity index (χ1n) is 5.33. The number of methoxy groups -OCH3 is 1. The maximum atomic E-state index is 5.73. The van der Waals surface area contributed by atoms with Crippen molar-refractivity contribution in [3.05, 3.63) is 0 Å². The van der Waals surface area contributed by atoms with E-state index in [2.05, 4.69) is 17.2 Å². The van der Waals surface area contributed by atoms with E-state index in [-0.39, 0.29) is 0 Å². The van der Waals surface area contributed by atoms with Gasteiger partial charge in [0.15, 0.2) is 5.96 Å². The molecule has 0 amide bonds. The minimum atomic E-state index is 0.299. The SMILES string of the molecule is COCCNC(N)=NCC1(C)CCCS1. The third kappa shape index (κ3) is 4.75. The smallest absolute Gasteiger partial charge is 0.188 e. The topological polar surface area (TPSA) is 59.6 Å². The Hall–Kier alpha value is -0.420. The summed E-state index contributed by atoms with van der Waals surface area (Å²) in [6, 6.07) is 0. The molecule has 0 radical (unpaired) electrons. The van der Waals surface area contributed by atoms with Crippen LogP contribution in [0.1, 0.15) is 19.8 Å². The fourth-order valence-electron chi connectivity index (χ4n) is 1.55. The van der Waals surface area contributed by atoms with E-state index in [0.29, 0.717) is 17.3 Å². The van der Waals surface area contributed by atoms with Crippen molar-refractivity contribution >= 4 is 17.7 Å². The van der Waals surface area contributed by atoms with Gasteiger partial charge in [-0.25, -0.2) is 0 Å². The number of rotatable bonds is 5. The van der Waals surface area contributed by atoms with Crippen LogP contribution in [0.5, 0.6) is 0 Å². The lowest BCUT2D eigenvalue weighted by atomic mass is 10.1. The molecule has 1 saturated heterocycles. The summed E-state index contributed by atoms with van der Waals surface area (Å²) in [5.41, 5.74) is 5.73. The highest BCUT2D eigenvalue weighted by atomic mass is 32.2. The molecule has 0 aromatic heterocycles. The second-order valence-corrected chi connectivity index (χ2v) is 5.71. The van der Waals surface area contributed by atoms with Gasteiger partial charge in [-0.2, -0.15) is 11.8 Å². The van der Waals surface area contributed by atoms with Crippen LogP contribution in [-0.4, -0.2) is 43.3 Å². The van der Waals surface area contributed by atoms with Crippen molar-refractivity contribution < 1.29 is 4.74 Å². The summed E-state index contributed by atoms with van der Waals surface area (Å²) >= 11 is 2.00. The predicted octanol–water partition coefficient (Wildman–Crippen LogP) is 0.823. The van der Waals surface area contributed by atoms with E-state index in [4.69, 9.17) is 10.5 Å². The van der Waals surface area contributed by atoms with Crippen LogP contribution in [0.25, 0.3) is 0 Å². The molecule has 1 rings (SSSR count). The minimum Gasteiger partial charge on any atom is -0.383 e. The molecule has 3 N–H and O–H groups in total. The van der Waals surface area contributed by atoms with E-state index in [1.807, 2.05) is 11.8 Å². The van der Waals surface area contributed by atoms with Crippen LogP contribution in [0.2, 0.25) is 0 Å². The lowest BCUT2D eigenvalue weighted by molar-refractivity contribution is 0.204. The van der Waals surface area contributed by atoms with Crippen LogP contribution < -0.4 is 11.1 Å². The van der Waals surface area contributed by atoms with E-state index in [1.54, 1.807) is 7.11 Å². The molecule has 1 aliphatic rings. The zero-order valence-electron chi connectivity index (χ0n) is 9.58. The number of ether oxygens (including phenoxy) is 1. The van der Waals surface area contributed by atoms with Crippen LogP contribution in [0.4, 0.5) is 0 Å². The molecule has 5 heteroatoms. The lowest BCUT2D eigenvalue weighted by Gasteiger charge is -2.19. The Kier molecular flexibility index (Phi) is 5.25. The molecular formula is C10H21N3OS. The molecule has 0 bridgehead atoms. The highest BCUT2D eigenvalue weighted by molar-refractivity contribution is 8.00. The average molecular weight is 231 g/mol. The van der Waals surface area contributed by atoms with Gasteiger partial charge in [-0.05, 0) is 25.5 Å². The summed E-state index contributed by atoms with van der Waals surface area (Å²) in [4.78, 5) is 4.36. The molecule has 0 saturated carbocycles. The highest BCUT2D eigenvalue weighted by Crippen LogP contribution is 2.37. The van der Waals surface area contributed by atoms with E-state index < -0.39 is 0 Å². The standard InChI is InChI=1S/C10H21N3OS/c1-10(4-3-7-15-10)8-13-9(11)12-5-6-14-2/h3-8H2,1-2H3,(H3,11,12,13). The zero-order valence-corrected chi connectivity index (χ0v) is 10.4. The van der Waals surface area contributed by atoms with Crippen molar-refractivity contribution in [3.8, 4) is 0 Å². The summed E-state index contributed by atoms with van der Waals surface area (Å²) in [5.74, 6) is 1.78. The summed E-state index contributed by atoms with van der Waals surface area (Å²) in [5, 5.41) is 3.02. The van der Waals surface area contributed by atoms with Gasteiger partial charge < -0.3 is 15.8 Å². The number of nitrogens with zero attached hydrogens (tertiary/aromatic N) is 1. The van der Waals surface area contributed by atoms with Crippen LogP contribution >= 0.6 is 11.8 Å². The van der Waals surface area contributed by atoms with Crippen molar-refractivity contribution in [2.75, 3.05) is 32.6 Å². The van der Waals surface area contributed by atoms with Crippen LogP contribution in [0.15, 0.2) is 4.99 Å². The monoisotopic (exact) mass is 231 g/mol. The first-order valence-corrected chi connectivity index (χ1v) is 6.31. The van der Waals surface area contributed by atoms with Crippen LogP contribution in [0, 0.1) is 0 Å². The van der Waals surface area contributed by atoms with E-state index in [0.717, 1.165) is 13.1 Å². The molecule has 0 spiro atoms. The molecular weight excluding hydrogens is 210 g/mol. The van der Waals surface area contributed by atoms with Crippen molar-refractivity contribution in [3.63, 3.8) is 0 Å². The third-order valence-electron chi connectivity index (χ3n) is 2.50. The number of nitrogens with one attached hydrogen (secondary N) is 1. The van der Waals surface area contributed by atoms with Crippen molar-refractivity contribution in [2.24, 2.45) is 10.7 Å². The summed E-state index contributed by atoms with van der Waals surface area (Å²) in [6.45, 7) is 4.44. The quantitative estimate of drug-likeness (QED) is 0.418. The molecule has 1 atom stereocenters. The van der Waals surface area contributed by atoms with Crippen molar-refractivity contribution in [2.45, 2.75) is 24.5 Å². The van der Waals surface area contributed by atoms with Gasteiger partial charge in [0, 0.05) is 18.4 Å². The normalized spacial score (nSPS) is 26.9. The minimum absolute atomic E-state index is 0.299. The van der Waals surface area contributed by atoms with Crippen LogP contribution in [-0.2, 0) is 4.74 Å².